The Bertz CT molecular complexity index is 489. The van der Waals surface area contributed by atoms with E-state index < -0.39 is 0 Å². The van der Waals surface area contributed by atoms with E-state index in [-0.39, 0.29) is 0 Å². The summed E-state index contributed by atoms with van der Waals surface area (Å²) in [5, 5.41) is 6.68. The fourth-order valence-corrected chi connectivity index (χ4v) is 1.94. The Morgan fingerprint density at radius 2 is 1.82 bits per heavy atom. The Hall–Kier alpha value is -1.77. The van der Waals surface area contributed by atoms with E-state index in [4.69, 9.17) is 5.73 Å². The van der Waals surface area contributed by atoms with E-state index in [1.165, 1.54) is 5.56 Å². The van der Waals surface area contributed by atoms with Crippen LogP contribution in [-0.2, 0) is 6.42 Å². The Morgan fingerprint density at radius 1 is 1.18 bits per heavy atom. The number of nitrogens with two attached hydrogens (primary N) is 1. The minimum absolute atomic E-state index is 0.316. The third kappa shape index (κ3) is 2.87. The van der Waals surface area contributed by atoms with Crippen molar-refractivity contribution in [3.8, 4) is 11.1 Å². The van der Waals surface area contributed by atoms with E-state index in [1.54, 1.807) is 6.20 Å². The molecule has 1 aromatic heterocycles. The molecule has 1 heterocycles. The first-order valence-electron chi connectivity index (χ1n) is 5.84. The SMILES string of the molecule is CC(C)(C)Cc1ccc(-c2cn[nH]c2N)cc1. The lowest BCUT2D eigenvalue weighted by Crippen LogP contribution is -2.08. The van der Waals surface area contributed by atoms with E-state index in [1.807, 2.05) is 0 Å². The van der Waals surface area contributed by atoms with Crippen LogP contribution in [0.15, 0.2) is 30.5 Å². The third-order valence-electron chi connectivity index (χ3n) is 2.67. The van der Waals surface area contributed by atoms with Crippen LogP contribution < -0.4 is 5.73 Å². The van der Waals surface area contributed by atoms with Gasteiger partial charge < -0.3 is 5.73 Å². The maximum Gasteiger partial charge on any atom is 0.126 e. The number of aromatic amines is 1. The Labute approximate surface area is 102 Å². The van der Waals surface area contributed by atoms with Crippen LogP contribution in [0, 0.1) is 5.41 Å². The molecule has 0 aliphatic heterocycles. The molecule has 0 radical (unpaired) electrons. The molecule has 0 saturated carbocycles. The molecule has 0 fully saturated rings. The van der Waals surface area contributed by atoms with Crippen molar-refractivity contribution in [2.24, 2.45) is 5.41 Å². The number of hydrogen-bond donors (Lipinski definition) is 2. The fourth-order valence-electron chi connectivity index (χ4n) is 1.94. The van der Waals surface area contributed by atoms with Crippen LogP contribution in [0.2, 0.25) is 0 Å². The van der Waals surface area contributed by atoms with Crippen molar-refractivity contribution in [3.63, 3.8) is 0 Å². The van der Waals surface area contributed by atoms with Crippen molar-refractivity contribution in [1.29, 1.82) is 0 Å². The van der Waals surface area contributed by atoms with Crippen molar-refractivity contribution < 1.29 is 0 Å². The smallest absolute Gasteiger partial charge is 0.126 e. The molecule has 0 bridgehead atoms. The van der Waals surface area contributed by atoms with Crippen LogP contribution in [-0.4, -0.2) is 10.2 Å². The van der Waals surface area contributed by atoms with E-state index in [2.05, 4.69) is 55.2 Å². The first-order valence-corrected chi connectivity index (χ1v) is 5.84. The van der Waals surface area contributed by atoms with Gasteiger partial charge in [0.15, 0.2) is 0 Å². The number of aromatic nitrogens is 2. The summed E-state index contributed by atoms with van der Waals surface area (Å²) in [6, 6.07) is 8.52. The summed E-state index contributed by atoms with van der Waals surface area (Å²) in [4.78, 5) is 0. The predicted octanol–water partition coefficient (Wildman–Crippen LogP) is 3.25. The molecule has 0 saturated heterocycles. The molecule has 2 rings (SSSR count). The third-order valence-corrected chi connectivity index (χ3v) is 2.67. The molecule has 2 aromatic rings. The minimum Gasteiger partial charge on any atom is -0.384 e. The number of nitrogens with zero attached hydrogens (tertiary/aromatic N) is 1. The number of nitrogen functional groups attached to an aromatic ring is 1. The zero-order valence-electron chi connectivity index (χ0n) is 10.6. The average Bonchev–Trinajstić information content (AvgIpc) is 2.63. The van der Waals surface area contributed by atoms with Crippen LogP contribution in [0.25, 0.3) is 11.1 Å². The molecule has 0 aliphatic carbocycles. The number of nitrogens with one attached hydrogen (secondary N) is 1. The molecule has 0 aliphatic rings. The summed E-state index contributed by atoms with van der Waals surface area (Å²) in [6.45, 7) is 6.74. The first-order chi connectivity index (χ1) is 7.96. The molecule has 1 aromatic carbocycles. The number of benzene rings is 1. The topological polar surface area (TPSA) is 54.7 Å². The molecule has 0 unspecified atom stereocenters. The second kappa shape index (κ2) is 4.24. The maximum atomic E-state index is 5.79. The zero-order chi connectivity index (χ0) is 12.5. The van der Waals surface area contributed by atoms with Crippen LogP contribution in [0.3, 0.4) is 0 Å². The summed E-state index contributed by atoms with van der Waals surface area (Å²) in [5.74, 6) is 0.619. The molecule has 17 heavy (non-hydrogen) atoms. The van der Waals surface area contributed by atoms with Gasteiger partial charge in [0.25, 0.3) is 0 Å². The van der Waals surface area contributed by atoms with E-state index in [0.717, 1.165) is 17.5 Å². The highest BCUT2D eigenvalue weighted by atomic mass is 15.1. The summed E-state index contributed by atoms with van der Waals surface area (Å²) in [5.41, 5.74) is 9.53. The standard InChI is InChI=1S/C14H19N3/c1-14(2,3)8-10-4-6-11(7-5-10)12-9-16-17-13(12)15/h4-7,9H,8H2,1-3H3,(H3,15,16,17). The highest BCUT2D eigenvalue weighted by Gasteiger charge is 2.11. The highest BCUT2D eigenvalue weighted by Crippen LogP contribution is 2.26. The van der Waals surface area contributed by atoms with Crippen molar-refractivity contribution >= 4 is 5.82 Å². The van der Waals surface area contributed by atoms with Gasteiger partial charge in [0, 0.05) is 5.56 Å². The number of anilines is 1. The first kappa shape index (κ1) is 11.7. The van der Waals surface area contributed by atoms with Gasteiger partial charge in [0.2, 0.25) is 0 Å². The molecule has 0 spiro atoms. The van der Waals surface area contributed by atoms with Gasteiger partial charge in [-0.1, -0.05) is 45.0 Å². The summed E-state index contributed by atoms with van der Waals surface area (Å²) >= 11 is 0. The quantitative estimate of drug-likeness (QED) is 0.830. The Kier molecular flexibility index (Phi) is 2.92. The van der Waals surface area contributed by atoms with Crippen LogP contribution in [0.5, 0.6) is 0 Å². The molecule has 3 heteroatoms. The summed E-state index contributed by atoms with van der Waals surface area (Å²) < 4.78 is 0. The van der Waals surface area contributed by atoms with Crippen molar-refractivity contribution in [2.75, 3.05) is 5.73 Å². The van der Waals surface area contributed by atoms with Crippen molar-refractivity contribution in [1.82, 2.24) is 10.2 Å². The van der Waals surface area contributed by atoms with Crippen molar-refractivity contribution in [2.45, 2.75) is 27.2 Å². The van der Waals surface area contributed by atoms with Gasteiger partial charge in [-0.05, 0) is 23.0 Å². The molecular formula is C14H19N3. The van der Waals surface area contributed by atoms with Gasteiger partial charge in [0.05, 0.1) is 6.20 Å². The van der Waals surface area contributed by atoms with Crippen molar-refractivity contribution in [3.05, 3.63) is 36.0 Å². The normalized spacial score (nSPS) is 11.7. The zero-order valence-corrected chi connectivity index (χ0v) is 10.6. The second-order valence-electron chi connectivity index (χ2n) is 5.63. The van der Waals surface area contributed by atoms with Crippen LogP contribution >= 0.6 is 0 Å². The molecular weight excluding hydrogens is 210 g/mol. The Morgan fingerprint density at radius 3 is 2.29 bits per heavy atom. The van der Waals surface area contributed by atoms with Gasteiger partial charge in [-0.2, -0.15) is 5.10 Å². The van der Waals surface area contributed by atoms with Gasteiger partial charge in [-0.15, -0.1) is 0 Å². The van der Waals surface area contributed by atoms with E-state index in [0.29, 0.717) is 11.2 Å². The van der Waals surface area contributed by atoms with Gasteiger partial charge in [-0.25, -0.2) is 0 Å². The maximum absolute atomic E-state index is 5.79. The molecule has 0 amide bonds. The lowest BCUT2D eigenvalue weighted by molar-refractivity contribution is 0.411. The number of H-pyrrole nitrogens is 1. The monoisotopic (exact) mass is 229 g/mol. The molecule has 90 valence electrons. The van der Waals surface area contributed by atoms with Gasteiger partial charge >= 0.3 is 0 Å². The number of hydrogen-bond acceptors (Lipinski definition) is 2. The highest BCUT2D eigenvalue weighted by molar-refractivity contribution is 5.72. The summed E-state index contributed by atoms with van der Waals surface area (Å²) in [6.07, 6.45) is 2.84. The molecule has 3 N–H and O–H groups in total. The van der Waals surface area contributed by atoms with Crippen LogP contribution in [0.1, 0.15) is 26.3 Å². The summed E-state index contributed by atoms with van der Waals surface area (Å²) in [7, 11) is 0. The second-order valence-corrected chi connectivity index (χ2v) is 5.63. The number of rotatable bonds is 2. The van der Waals surface area contributed by atoms with Gasteiger partial charge in [-0.3, -0.25) is 5.10 Å². The van der Waals surface area contributed by atoms with E-state index in [9.17, 15) is 0 Å². The minimum atomic E-state index is 0.316. The fraction of sp³-hybridized carbons (Fsp3) is 0.357. The average molecular weight is 229 g/mol. The van der Waals surface area contributed by atoms with E-state index >= 15 is 0 Å². The van der Waals surface area contributed by atoms with Crippen LogP contribution in [0.4, 0.5) is 5.82 Å². The predicted molar refractivity (Wildman–Crippen MR) is 71.6 cm³/mol. The molecule has 3 nitrogen and oxygen atoms in total. The largest absolute Gasteiger partial charge is 0.384 e. The van der Waals surface area contributed by atoms with Gasteiger partial charge in [0.1, 0.15) is 5.82 Å². The lowest BCUT2D eigenvalue weighted by Gasteiger charge is -2.18. The Balaban J connectivity index is 2.22. The molecule has 0 atom stereocenters. The lowest BCUT2D eigenvalue weighted by atomic mass is 9.88.